The van der Waals surface area contributed by atoms with E-state index in [-0.39, 0.29) is 5.91 Å². The SMILES string of the molecule is COc1ccc2c(c1)=NC(c1cc(OC)c(OC)c(OC)c1)(c1ccccc1CNC(C)=O)N=2. The molecule has 0 aliphatic carbocycles. The van der Waals surface area contributed by atoms with Crippen LogP contribution in [0.2, 0.25) is 0 Å². The highest BCUT2D eigenvalue weighted by molar-refractivity contribution is 5.72. The van der Waals surface area contributed by atoms with Crippen molar-refractivity contribution in [1.82, 2.24) is 5.32 Å². The predicted octanol–water partition coefficient (Wildman–Crippen LogP) is 2.51. The summed E-state index contributed by atoms with van der Waals surface area (Å²) in [4.78, 5) is 21.9. The van der Waals surface area contributed by atoms with Crippen molar-refractivity contribution in [1.29, 1.82) is 0 Å². The largest absolute Gasteiger partial charge is 0.497 e. The molecular formula is C26H27N3O5. The van der Waals surface area contributed by atoms with E-state index in [0.29, 0.717) is 34.9 Å². The molecule has 8 nitrogen and oxygen atoms in total. The Kier molecular flexibility index (Phi) is 6.40. The van der Waals surface area contributed by atoms with Crippen LogP contribution in [-0.2, 0) is 17.0 Å². The molecule has 8 heteroatoms. The number of carbonyl (C=O) groups is 1. The molecule has 176 valence electrons. The number of carbonyl (C=O) groups excluding carboxylic acids is 1. The van der Waals surface area contributed by atoms with Gasteiger partial charge in [-0.1, -0.05) is 24.3 Å². The predicted molar refractivity (Wildman–Crippen MR) is 126 cm³/mol. The quantitative estimate of drug-likeness (QED) is 0.557. The molecule has 1 unspecified atom stereocenters. The third kappa shape index (κ3) is 4.03. The summed E-state index contributed by atoms with van der Waals surface area (Å²) in [5, 5.41) is 4.31. The van der Waals surface area contributed by atoms with Crippen LogP contribution < -0.4 is 35.0 Å². The van der Waals surface area contributed by atoms with Crippen LogP contribution in [0.15, 0.2) is 64.6 Å². The number of nitrogens with one attached hydrogen (secondary N) is 1. The number of amides is 1. The summed E-state index contributed by atoms with van der Waals surface area (Å²) in [6.45, 7) is 1.83. The number of methoxy groups -OCH3 is 4. The van der Waals surface area contributed by atoms with Crippen molar-refractivity contribution in [3.05, 3.63) is 82.0 Å². The molecule has 1 atom stereocenters. The minimum absolute atomic E-state index is 0.120. The monoisotopic (exact) mass is 461 g/mol. The lowest BCUT2D eigenvalue weighted by Crippen LogP contribution is -2.27. The fourth-order valence-corrected chi connectivity index (χ4v) is 4.11. The van der Waals surface area contributed by atoms with E-state index in [1.165, 1.54) is 6.92 Å². The van der Waals surface area contributed by atoms with Crippen molar-refractivity contribution in [2.75, 3.05) is 28.4 Å². The summed E-state index contributed by atoms with van der Waals surface area (Å²) in [6, 6.07) is 17.1. The van der Waals surface area contributed by atoms with Crippen LogP contribution in [0.25, 0.3) is 0 Å². The van der Waals surface area contributed by atoms with Gasteiger partial charge in [-0.25, -0.2) is 9.98 Å². The molecule has 1 heterocycles. The van der Waals surface area contributed by atoms with Gasteiger partial charge in [-0.15, -0.1) is 0 Å². The number of fused-ring (bicyclic) bond motifs is 1. The summed E-state index contributed by atoms with van der Waals surface area (Å²) >= 11 is 0. The van der Waals surface area contributed by atoms with Gasteiger partial charge in [-0.2, -0.15) is 0 Å². The number of ether oxygens (including phenoxy) is 4. The summed E-state index contributed by atoms with van der Waals surface area (Å²) in [6.07, 6.45) is 0. The van der Waals surface area contributed by atoms with E-state index in [1.807, 2.05) is 54.6 Å². The summed E-state index contributed by atoms with van der Waals surface area (Å²) in [5.74, 6) is 2.03. The lowest BCUT2D eigenvalue weighted by atomic mass is 9.88. The van der Waals surface area contributed by atoms with Gasteiger partial charge in [0, 0.05) is 30.7 Å². The van der Waals surface area contributed by atoms with Crippen molar-refractivity contribution in [2.24, 2.45) is 9.98 Å². The van der Waals surface area contributed by atoms with E-state index in [9.17, 15) is 4.79 Å². The fraction of sp³-hybridized carbons (Fsp3) is 0.269. The molecule has 1 amide bonds. The molecule has 1 aliphatic rings. The third-order valence-electron chi connectivity index (χ3n) is 5.74. The van der Waals surface area contributed by atoms with E-state index < -0.39 is 5.66 Å². The summed E-state index contributed by atoms with van der Waals surface area (Å²) < 4.78 is 22.2. The van der Waals surface area contributed by atoms with Crippen LogP contribution in [0.5, 0.6) is 23.0 Å². The van der Waals surface area contributed by atoms with Gasteiger partial charge in [0.15, 0.2) is 11.5 Å². The normalized spacial score (nSPS) is 16.0. The molecule has 3 aromatic rings. The first-order valence-electron chi connectivity index (χ1n) is 10.7. The lowest BCUT2D eigenvalue weighted by molar-refractivity contribution is -0.119. The molecule has 34 heavy (non-hydrogen) atoms. The highest BCUT2D eigenvalue weighted by atomic mass is 16.5. The van der Waals surface area contributed by atoms with Crippen LogP contribution in [0.1, 0.15) is 23.6 Å². The van der Waals surface area contributed by atoms with Crippen LogP contribution >= 0.6 is 0 Å². The van der Waals surface area contributed by atoms with Gasteiger partial charge in [0.25, 0.3) is 0 Å². The maximum atomic E-state index is 11.7. The van der Waals surface area contributed by atoms with Gasteiger partial charge in [-0.05, 0) is 29.8 Å². The lowest BCUT2D eigenvalue weighted by Gasteiger charge is -2.28. The van der Waals surface area contributed by atoms with E-state index in [2.05, 4.69) is 5.32 Å². The molecule has 1 aliphatic heterocycles. The zero-order valence-corrected chi connectivity index (χ0v) is 19.8. The zero-order chi connectivity index (χ0) is 24.3. The van der Waals surface area contributed by atoms with Gasteiger partial charge in [0.2, 0.25) is 17.3 Å². The Morgan fingerprint density at radius 3 is 2.15 bits per heavy atom. The summed E-state index contributed by atoms with van der Waals surface area (Å²) in [5.41, 5.74) is 1.30. The molecule has 4 rings (SSSR count). The smallest absolute Gasteiger partial charge is 0.217 e. The van der Waals surface area contributed by atoms with Crippen LogP contribution in [0.3, 0.4) is 0 Å². The van der Waals surface area contributed by atoms with Crippen LogP contribution in [0, 0.1) is 0 Å². The Morgan fingerprint density at radius 2 is 1.53 bits per heavy atom. The van der Waals surface area contributed by atoms with E-state index in [1.54, 1.807) is 28.4 Å². The van der Waals surface area contributed by atoms with Crippen molar-refractivity contribution in [3.8, 4) is 23.0 Å². The molecule has 0 aromatic heterocycles. The van der Waals surface area contributed by atoms with Crippen LogP contribution in [-0.4, -0.2) is 34.3 Å². The average molecular weight is 462 g/mol. The molecule has 0 radical (unpaired) electrons. The van der Waals surface area contributed by atoms with Gasteiger partial charge >= 0.3 is 0 Å². The second-order valence-corrected chi connectivity index (χ2v) is 7.73. The first-order chi connectivity index (χ1) is 16.4. The molecule has 0 saturated carbocycles. The zero-order valence-electron chi connectivity index (χ0n) is 19.8. The Balaban J connectivity index is 2.04. The molecule has 0 fully saturated rings. The molecule has 1 N–H and O–H groups in total. The number of benzene rings is 3. The van der Waals surface area contributed by atoms with E-state index in [4.69, 9.17) is 28.9 Å². The van der Waals surface area contributed by atoms with Crippen molar-refractivity contribution in [2.45, 2.75) is 19.1 Å². The van der Waals surface area contributed by atoms with Gasteiger partial charge in [-0.3, -0.25) is 4.79 Å². The Hall–Kier alpha value is -4.07. The first kappa shape index (κ1) is 23.1. The molecule has 3 aromatic carbocycles. The molecule has 0 bridgehead atoms. The topological polar surface area (TPSA) is 90.7 Å². The fourth-order valence-electron chi connectivity index (χ4n) is 4.11. The van der Waals surface area contributed by atoms with Gasteiger partial charge in [0.1, 0.15) is 5.75 Å². The molecule has 0 saturated heterocycles. The maximum absolute atomic E-state index is 11.7. The second-order valence-electron chi connectivity index (χ2n) is 7.73. The Labute approximate surface area is 197 Å². The minimum atomic E-state index is -1.14. The highest BCUT2D eigenvalue weighted by Gasteiger charge is 2.39. The van der Waals surface area contributed by atoms with Crippen molar-refractivity contribution >= 4 is 5.91 Å². The number of hydrogen-bond acceptors (Lipinski definition) is 7. The highest BCUT2D eigenvalue weighted by Crippen LogP contribution is 2.45. The average Bonchev–Trinajstić information content (AvgIpc) is 3.26. The van der Waals surface area contributed by atoms with Crippen molar-refractivity contribution in [3.63, 3.8) is 0 Å². The second kappa shape index (κ2) is 9.43. The Bertz CT molecular complexity index is 1330. The minimum Gasteiger partial charge on any atom is -0.497 e. The number of rotatable bonds is 8. The number of hydrogen-bond donors (Lipinski definition) is 1. The Morgan fingerprint density at radius 1 is 0.853 bits per heavy atom. The first-order valence-corrected chi connectivity index (χ1v) is 10.7. The molecule has 0 spiro atoms. The van der Waals surface area contributed by atoms with E-state index >= 15 is 0 Å². The van der Waals surface area contributed by atoms with Gasteiger partial charge < -0.3 is 24.3 Å². The number of nitrogens with zero attached hydrogens (tertiary/aromatic N) is 2. The molecular weight excluding hydrogens is 434 g/mol. The van der Waals surface area contributed by atoms with Crippen molar-refractivity contribution < 1.29 is 23.7 Å². The van der Waals surface area contributed by atoms with E-state index in [0.717, 1.165) is 22.0 Å². The maximum Gasteiger partial charge on any atom is 0.217 e. The standard InChI is InChI=1S/C26H27N3O5/c1-16(30)27-15-17-8-6-7-9-20(17)26(28-21-11-10-19(31-2)14-22(21)29-26)18-12-23(32-3)25(34-5)24(13-18)33-4/h6-14H,15H2,1-5H3,(H,27,30). The summed E-state index contributed by atoms with van der Waals surface area (Å²) in [7, 11) is 6.32. The third-order valence-corrected chi connectivity index (χ3v) is 5.74. The van der Waals surface area contributed by atoms with Gasteiger partial charge in [0.05, 0.1) is 39.2 Å². The van der Waals surface area contributed by atoms with Crippen LogP contribution in [0.4, 0.5) is 0 Å².